The zero-order valence-corrected chi connectivity index (χ0v) is 43.5. The van der Waals surface area contributed by atoms with Gasteiger partial charge in [-0.2, -0.15) is 0 Å². The van der Waals surface area contributed by atoms with Gasteiger partial charge in [0.15, 0.2) is 15.1 Å². The van der Waals surface area contributed by atoms with Crippen molar-refractivity contribution in [2.75, 3.05) is 0 Å². The van der Waals surface area contributed by atoms with Gasteiger partial charge >= 0.3 is 17.9 Å². The Morgan fingerprint density at radius 1 is 0.577 bits per heavy atom. The van der Waals surface area contributed by atoms with Gasteiger partial charge in [-0.3, -0.25) is 19.4 Å². The molecule has 0 aliphatic heterocycles. The second kappa shape index (κ2) is 26.6. The summed E-state index contributed by atoms with van der Waals surface area (Å²) >= 11 is 21.0. The Morgan fingerprint density at radius 2 is 1.06 bits per heavy atom. The summed E-state index contributed by atoms with van der Waals surface area (Å²) in [5, 5.41) is 33.4. The Labute approximate surface area is 441 Å². The fourth-order valence-electron chi connectivity index (χ4n) is 5.85. The van der Waals surface area contributed by atoms with E-state index in [1.54, 1.807) is 72.0 Å². The van der Waals surface area contributed by atoms with Crippen molar-refractivity contribution in [1.29, 1.82) is 0 Å². The van der Waals surface area contributed by atoms with Crippen LogP contribution in [0.2, 0.25) is 0 Å². The number of halogens is 2. The van der Waals surface area contributed by atoms with Gasteiger partial charge < -0.3 is 30.3 Å². The number of alkyl halides is 1. The lowest BCUT2D eigenvalue weighted by molar-refractivity contribution is 0.0686. The number of aromatic nitrogens is 6. The maximum atomic E-state index is 12.1. The Kier molecular flexibility index (Phi) is 20.2. The van der Waals surface area contributed by atoms with E-state index < -0.39 is 17.9 Å². The second-order valence-electron chi connectivity index (χ2n) is 14.1. The molecule has 9 aromatic rings. The molecular weight excluding hydrogens is 1110 g/mol. The van der Waals surface area contributed by atoms with Crippen LogP contribution in [0.3, 0.4) is 0 Å². The van der Waals surface area contributed by atoms with Crippen LogP contribution in [0.1, 0.15) is 47.8 Å². The number of hydrogen-bond acceptors (Lipinski definition) is 14. The minimum absolute atomic E-state index is 0.174. The number of carboxylic acid groups (broad SMARTS) is 3. The van der Waals surface area contributed by atoms with Crippen molar-refractivity contribution in [2.24, 2.45) is 0 Å². The largest absolute Gasteiger partial charge is 0.478 e. The standard InChI is InChI=1S/C16H11BrN2O3S2.C16H12N2O3S2.C8H7ClO2.C8H6N2OS2/c17-12-13(11-5-2-6-23-11)18-16(19-14(12)20)24-8-9-3-1-4-10(7-9)15(21)22;19-14-8-12(13-5-2-6-22-13)17-16(18-14)23-9-10-3-1-4-11(7-10)15(20)21;9-5-6-2-1-3-7(4-6)8(10)11;11-7-4-5(9-8(12)10-7)6-2-1-3-13-6/h1-7H,8H2,(H,21,22)(H,18,19,20);1-8H,9H2,(H,20,21)(H,17,18,19);1-4H,5H2,(H,10,11);1-4H,(H2,9,10,11,12). The Bertz CT molecular complexity index is 3460. The number of aromatic amines is 4. The molecule has 9 rings (SSSR count). The van der Waals surface area contributed by atoms with Crippen molar-refractivity contribution in [2.45, 2.75) is 27.7 Å². The van der Waals surface area contributed by atoms with E-state index in [1.165, 1.54) is 58.3 Å². The van der Waals surface area contributed by atoms with E-state index in [0.717, 1.165) is 37.0 Å². The van der Waals surface area contributed by atoms with E-state index in [4.69, 9.17) is 39.1 Å². The summed E-state index contributed by atoms with van der Waals surface area (Å²) in [6.07, 6.45) is 0. The number of nitrogens with one attached hydrogen (secondary N) is 4. The van der Waals surface area contributed by atoms with Crippen molar-refractivity contribution >= 4 is 115 Å². The minimum atomic E-state index is -0.961. The first-order valence-electron chi connectivity index (χ1n) is 20.3. The SMILES string of the molecule is O=C(O)c1cccc(CCl)c1.O=C(O)c1cccc(CSc2nc(-c3cccs3)c(Br)c(=O)[nH]2)c1.O=C(O)c1cccc(CSc2nc(-c3cccs3)cc(=O)[nH]2)c1.O=c1cc(-c2cccs2)[nH]c(=S)[nH]1. The lowest BCUT2D eigenvalue weighted by atomic mass is 10.1. The molecule has 7 N–H and O–H groups in total. The zero-order valence-electron chi connectivity index (χ0n) is 36.3. The van der Waals surface area contributed by atoms with Gasteiger partial charge in [-0.25, -0.2) is 24.4 Å². The van der Waals surface area contributed by atoms with Crippen molar-refractivity contribution in [1.82, 2.24) is 29.9 Å². The van der Waals surface area contributed by atoms with Crippen LogP contribution in [-0.2, 0) is 17.4 Å². The molecule has 0 unspecified atom stereocenters. The number of thioether (sulfide) groups is 2. The van der Waals surface area contributed by atoms with Crippen molar-refractivity contribution < 1.29 is 29.7 Å². The van der Waals surface area contributed by atoms with E-state index in [9.17, 15) is 28.8 Å². The molecular formula is C48H36BrClN6O9S6. The molecule has 6 heterocycles. The highest BCUT2D eigenvalue weighted by Gasteiger charge is 2.14. The first-order chi connectivity index (χ1) is 34.1. The third-order valence-corrected chi connectivity index (χ3v) is 14.9. The predicted molar refractivity (Wildman–Crippen MR) is 288 cm³/mol. The minimum Gasteiger partial charge on any atom is -0.478 e. The molecule has 15 nitrogen and oxygen atoms in total. The monoisotopic (exact) mass is 1150 g/mol. The molecule has 362 valence electrons. The molecule has 0 spiro atoms. The quantitative estimate of drug-likeness (QED) is 0.0245. The molecule has 0 saturated carbocycles. The molecule has 0 atom stereocenters. The fraction of sp³-hybridized carbons (Fsp3) is 0.0625. The lowest BCUT2D eigenvalue weighted by Crippen LogP contribution is -2.11. The number of hydrogen-bond donors (Lipinski definition) is 7. The van der Waals surface area contributed by atoms with E-state index in [-0.39, 0.29) is 33.4 Å². The first kappa shape index (κ1) is 53.8. The summed E-state index contributed by atoms with van der Waals surface area (Å²) in [6.45, 7) is 0. The van der Waals surface area contributed by atoms with Crippen LogP contribution < -0.4 is 16.7 Å². The van der Waals surface area contributed by atoms with E-state index in [1.807, 2.05) is 64.7 Å². The van der Waals surface area contributed by atoms with Gasteiger partial charge in [0.2, 0.25) is 0 Å². The maximum Gasteiger partial charge on any atom is 0.335 e. The number of rotatable bonds is 13. The Balaban J connectivity index is 0.000000163. The molecule has 71 heavy (non-hydrogen) atoms. The fourth-order valence-corrected chi connectivity index (χ4v) is 10.5. The maximum absolute atomic E-state index is 12.1. The molecule has 0 fully saturated rings. The summed E-state index contributed by atoms with van der Waals surface area (Å²) < 4.78 is 0.762. The molecule has 6 aromatic heterocycles. The van der Waals surface area contributed by atoms with Crippen molar-refractivity contribution in [3.8, 4) is 31.7 Å². The highest BCUT2D eigenvalue weighted by Crippen LogP contribution is 2.30. The summed E-state index contributed by atoms with van der Waals surface area (Å²) in [6, 6.07) is 34.5. The van der Waals surface area contributed by atoms with Crippen molar-refractivity contribution in [3.05, 3.63) is 211 Å². The van der Waals surface area contributed by atoms with Crippen LogP contribution in [0.25, 0.3) is 31.7 Å². The number of aromatic carboxylic acids is 3. The highest BCUT2D eigenvalue weighted by atomic mass is 79.9. The molecule has 0 aliphatic rings. The second-order valence-corrected chi connectivity index (χ2v) is 20.4. The number of carbonyl (C=O) groups is 3. The molecule has 0 amide bonds. The molecule has 0 aliphatic carbocycles. The summed E-state index contributed by atoms with van der Waals surface area (Å²) in [5.41, 5.74) is 4.70. The average Bonchev–Trinajstić information content (AvgIpc) is 4.21. The summed E-state index contributed by atoms with van der Waals surface area (Å²) in [7, 11) is 0. The van der Waals surface area contributed by atoms with E-state index in [0.29, 0.717) is 48.3 Å². The zero-order chi connectivity index (χ0) is 50.9. The molecule has 0 radical (unpaired) electrons. The summed E-state index contributed by atoms with van der Waals surface area (Å²) in [4.78, 5) is 90.0. The predicted octanol–water partition coefficient (Wildman–Crippen LogP) is 12.0. The van der Waals surface area contributed by atoms with E-state index in [2.05, 4.69) is 45.8 Å². The van der Waals surface area contributed by atoms with Gasteiger partial charge in [0, 0.05) is 29.5 Å². The topological polar surface area (TPSA) is 252 Å². The Morgan fingerprint density at radius 3 is 1.55 bits per heavy atom. The molecule has 3 aromatic carbocycles. The first-order valence-corrected chi connectivity index (χ1v) is 26.6. The van der Waals surface area contributed by atoms with Crippen LogP contribution in [0.5, 0.6) is 0 Å². The van der Waals surface area contributed by atoms with Gasteiger partial charge in [0.1, 0.15) is 10.2 Å². The van der Waals surface area contributed by atoms with Gasteiger partial charge in [-0.05, 0) is 116 Å². The third kappa shape index (κ3) is 16.5. The van der Waals surface area contributed by atoms with Crippen LogP contribution in [0, 0.1) is 4.77 Å². The number of thiophene rings is 3. The number of H-pyrrole nitrogens is 4. The van der Waals surface area contributed by atoms with Crippen molar-refractivity contribution in [3.63, 3.8) is 0 Å². The number of nitrogens with zero attached hydrogens (tertiary/aromatic N) is 2. The van der Waals surface area contributed by atoms with Gasteiger partial charge in [0.25, 0.3) is 16.7 Å². The normalized spacial score (nSPS) is 10.4. The molecule has 0 bridgehead atoms. The third-order valence-electron chi connectivity index (χ3n) is 9.06. The average molecular weight is 1150 g/mol. The number of carboxylic acids is 3. The van der Waals surface area contributed by atoms with Crippen LogP contribution >= 0.6 is 97.3 Å². The summed E-state index contributed by atoms with van der Waals surface area (Å²) in [5.74, 6) is -1.45. The molecule has 0 saturated heterocycles. The van der Waals surface area contributed by atoms with Crippen LogP contribution in [0.15, 0.2) is 167 Å². The molecule has 23 heteroatoms. The number of benzene rings is 3. The lowest BCUT2D eigenvalue weighted by Gasteiger charge is -2.06. The van der Waals surface area contributed by atoms with Gasteiger partial charge in [-0.15, -0.1) is 45.6 Å². The van der Waals surface area contributed by atoms with Gasteiger partial charge in [0.05, 0.1) is 42.7 Å². The van der Waals surface area contributed by atoms with E-state index >= 15 is 0 Å². The van der Waals surface area contributed by atoms with Crippen LogP contribution in [-0.4, -0.2) is 63.1 Å². The highest BCUT2D eigenvalue weighted by molar-refractivity contribution is 9.10. The Hall–Kier alpha value is -6.50. The van der Waals surface area contributed by atoms with Gasteiger partial charge in [-0.1, -0.05) is 78.1 Å². The smallest absolute Gasteiger partial charge is 0.335 e. The van der Waals surface area contributed by atoms with Crippen LogP contribution in [0.4, 0.5) is 0 Å².